The Morgan fingerprint density at radius 2 is 1.95 bits per heavy atom. The predicted octanol–water partition coefficient (Wildman–Crippen LogP) is 6.27. The van der Waals surface area contributed by atoms with Gasteiger partial charge in [-0.2, -0.15) is 0 Å². The molecule has 7 rings (SSSR count). The molecule has 1 fully saturated rings. The number of imidazole rings is 1. The van der Waals surface area contributed by atoms with Gasteiger partial charge in [0.2, 0.25) is 0 Å². The van der Waals surface area contributed by atoms with E-state index in [1.807, 2.05) is 19.1 Å². The van der Waals surface area contributed by atoms with Crippen molar-refractivity contribution in [3.05, 3.63) is 117 Å². The van der Waals surface area contributed by atoms with Crippen LogP contribution in [0.2, 0.25) is 0 Å². The second-order valence-electron chi connectivity index (χ2n) is 10.4. The molecule has 4 heterocycles. The first kappa shape index (κ1) is 23.6. The summed E-state index contributed by atoms with van der Waals surface area (Å²) in [6.07, 6.45) is 7.70. The van der Waals surface area contributed by atoms with Crippen molar-refractivity contribution in [3.63, 3.8) is 0 Å². The van der Waals surface area contributed by atoms with E-state index >= 15 is 0 Å². The number of nitrogens with one attached hydrogen (secondary N) is 1. The monoisotopic (exact) mass is 522 g/mol. The van der Waals surface area contributed by atoms with E-state index in [2.05, 4.69) is 45.0 Å². The molecule has 196 valence electrons. The topological polar surface area (TPSA) is 85.4 Å². The number of rotatable bonds is 4. The standard InChI is InChI=1S/C31H27FN4O3/c1-18(30-34-31(37)39-35-30)28-23-11-9-19(14-21(23)17-38-26-16-22(32)10-12-24(26)28)15-25-29(20-6-2-3-7-20)33-27-8-4-5-13-36(25)27/h4-5,8-14,16,20H,2-3,6-7,15,17H2,1H3,(H,34,35,37)/b28-18+. The number of ether oxygens (including phenoxy) is 1. The molecule has 0 radical (unpaired) electrons. The van der Waals surface area contributed by atoms with Gasteiger partial charge < -0.3 is 9.14 Å². The van der Waals surface area contributed by atoms with Crippen LogP contribution >= 0.6 is 0 Å². The fraction of sp³-hybridized carbons (Fsp3) is 0.258. The van der Waals surface area contributed by atoms with Crippen LogP contribution in [0.25, 0.3) is 16.8 Å². The zero-order valence-corrected chi connectivity index (χ0v) is 21.5. The molecule has 0 saturated heterocycles. The van der Waals surface area contributed by atoms with E-state index in [1.165, 1.54) is 49.2 Å². The van der Waals surface area contributed by atoms with Crippen LogP contribution in [0.15, 0.2) is 70.1 Å². The molecule has 1 saturated carbocycles. The zero-order valence-electron chi connectivity index (χ0n) is 21.5. The fourth-order valence-electron chi connectivity index (χ4n) is 6.12. The highest BCUT2D eigenvalue weighted by atomic mass is 19.1. The summed E-state index contributed by atoms with van der Waals surface area (Å²) in [5, 5.41) is 3.90. The molecule has 1 aliphatic heterocycles. The Morgan fingerprint density at radius 3 is 2.77 bits per heavy atom. The molecule has 0 amide bonds. The minimum Gasteiger partial charge on any atom is -0.488 e. The Morgan fingerprint density at radius 1 is 1.10 bits per heavy atom. The molecular formula is C31H27FN4O3. The van der Waals surface area contributed by atoms with E-state index in [4.69, 9.17) is 14.2 Å². The molecule has 39 heavy (non-hydrogen) atoms. The maximum absolute atomic E-state index is 14.2. The van der Waals surface area contributed by atoms with E-state index in [0.29, 0.717) is 23.1 Å². The average Bonchev–Trinajstić information content (AvgIpc) is 3.68. The molecule has 1 N–H and O–H groups in total. The van der Waals surface area contributed by atoms with Crippen LogP contribution in [0, 0.1) is 5.82 Å². The van der Waals surface area contributed by atoms with Gasteiger partial charge in [-0.25, -0.2) is 14.2 Å². The maximum atomic E-state index is 14.2. The summed E-state index contributed by atoms with van der Waals surface area (Å²) in [6, 6.07) is 17.0. The Bertz CT molecular complexity index is 1810. The summed E-state index contributed by atoms with van der Waals surface area (Å²) in [7, 11) is 0. The first-order valence-electron chi connectivity index (χ1n) is 13.3. The van der Waals surface area contributed by atoms with Gasteiger partial charge >= 0.3 is 5.76 Å². The largest absolute Gasteiger partial charge is 0.488 e. The van der Waals surface area contributed by atoms with Gasteiger partial charge in [-0.15, -0.1) is 0 Å². The lowest BCUT2D eigenvalue weighted by Gasteiger charge is -2.15. The smallest absolute Gasteiger partial charge is 0.439 e. The predicted molar refractivity (Wildman–Crippen MR) is 145 cm³/mol. The molecule has 0 spiro atoms. The van der Waals surface area contributed by atoms with E-state index in [9.17, 15) is 9.18 Å². The normalized spacial score (nSPS) is 16.6. The second-order valence-corrected chi connectivity index (χ2v) is 10.4. The van der Waals surface area contributed by atoms with Crippen LogP contribution in [0.1, 0.15) is 78.0 Å². The number of fused-ring (bicyclic) bond motifs is 3. The van der Waals surface area contributed by atoms with Gasteiger partial charge in [0.1, 0.15) is 23.8 Å². The van der Waals surface area contributed by atoms with Gasteiger partial charge in [0.15, 0.2) is 5.82 Å². The summed E-state index contributed by atoms with van der Waals surface area (Å²) in [5.74, 6) is 0.262. The molecular weight excluding hydrogens is 495 g/mol. The third-order valence-corrected chi connectivity index (χ3v) is 7.98. The quantitative estimate of drug-likeness (QED) is 0.301. The number of benzene rings is 2. The number of nitrogens with zero attached hydrogens (tertiary/aromatic N) is 3. The van der Waals surface area contributed by atoms with E-state index < -0.39 is 5.76 Å². The summed E-state index contributed by atoms with van der Waals surface area (Å²) in [5.41, 5.74) is 8.73. The number of H-pyrrole nitrogens is 1. The number of halogens is 1. The van der Waals surface area contributed by atoms with Gasteiger partial charge in [0.05, 0.1) is 11.4 Å². The van der Waals surface area contributed by atoms with Crippen molar-refractivity contribution >= 4 is 16.8 Å². The molecule has 5 aromatic rings. The lowest BCUT2D eigenvalue weighted by Crippen LogP contribution is -2.04. The minimum atomic E-state index is -0.629. The van der Waals surface area contributed by atoms with Gasteiger partial charge in [-0.1, -0.05) is 42.3 Å². The molecule has 2 aromatic carbocycles. The SMILES string of the molecule is C/C(=C1/c2ccc(Cc3c(C4CCCC4)nc4ccccn34)cc2COc2cc(F)ccc21)c1noc(=O)[nH]1. The van der Waals surface area contributed by atoms with Crippen LogP contribution in [0.4, 0.5) is 4.39 Å². The number of aromatic nitrogens is 4. The molecule has 0 atom stereocenters. The third-order valence-electron chi connectivity index (χ3n) is 7.98. The van der Waals surface area contributed by atoms with Crippen LogP contribution in [0.3, 0.4) is 0 Å². The Labute approximate surface area is 224 Å². The van der Waals surface area contributed by atoms with Crippen LogP contribution in [-0.2, 0) is 13.0 Å². The summed E-state index contributed by atoms with van der Waals surface area (Å²) < 4.78 is 27.3. The number of allylic oxidation sites excluding steroid dienone is 1. The van der Waals surface area contributed by atoms with Crippen molar-refractivity contribution in [2.45, 2.75) is 51.6 Å². The number of aromatic amines is 1. The first-order valence-corrected chi connectivity index (χ1v) is 13.3. The lowest BCUT2D eigenvalue weighted by atomic mass is 9.89. The maximum Gasteiger partial charge on any atom is 0.439 e. The molecule has 1 aliphatic carbocycles. The van der Waals surface area contributed by atoms with Gasteiger partial charge in [-0.05, 0) is 66.3 Å². The molecule has 7 nitrogen and oxygen atoms in total. The van der Waals surface area contributed by atoms with Gasteiger partial charge in [0.25, 0.3) is 0 Å². The highest BCUT2D eigenvalue weighted by molar-refractivity contribution is 5.99. The van der Waals surface area contributed by atoms with E-state index in [-0.39, 0.29) is 12.4 Å². The Kier molecular flexibility index (Phi) is 5.68. The summed E-state index contributed by atoms with van der Waals surface area (Å²) in [4.78, 5) is 19.4. The first-order chi connectivity index (χ1) is 19.0. The highest BCUT2D eigenvalue weighted by Crippen LogP contribution is 2.42. The van der Waals surface area contributed by atoms with E-state index in [0.717, 1.165) is 39.9 Å². The summed E-state index contributed by atoms with van der Waals surface area (Å²) in [6.45, 7) is 2.15. The molecule has 8 heteroatoms. The van der Waals surface area contributed by atoms with Gasteiger partial charge in [0, 0.05) is 35.7 Å². The lowest BCUT2D eigenvalue weighted by molar-refractivity contribution is 0.305. The third kappa shape index (κ3) is 4.16. The second kappa shape index (κ2) is 9.38. The van der Waals surface area contributed by atoms with E-state index in [1.54, 1.807) is 6.07 Å². The number of hydrogen-bond donors (Lipinski definition) is 1. The average molecular weight is 523 g/mol. The molecule has 3 aromatic heterocycles. The molecule has 0 unspecified atom stereocenters. The van der Waals surface area contributed by atoms with Crippen LogP contribution in [0.5, 0.6) is 5.75 Å². The zero-order chi connectivity index (χ0) is 26.5. The Hall–Kier alpha value is -4.46. The number of pyridine rings is 1. The van der Waals surface area contributed by atoms with Gasteiger partial charge in [-0.3, -0.25) is 9.51 Å². The summed E-state index contributed by atoms with van der Waals surface area (Å²) >= 11 is 0. The minimum absolute atomic E-state index is 0.286. The van der Waals surface area contributed by atoms with Crippen molar-refractivity contribution in [2.24, 2.45) is 0 Å². The molecule has 0 bridgehead atoms. The van der Waals surface area contributed by atoms with Crippen molar-refractivity contribution in [3.8, 4) is 5.75 Å². The highest BCUT2D eigenvalue weighted by Gasteiger charge is 2.26. The van der Waals surface area contributed by atoms with Crippen molar-refractivity contribution in [2.75, 3.05) is 0 Å². The van der Waals surface area contributed by atoms with Crippen LogP contribution < -0.4 is 10.5 Å². The van der Waals surface area contributed by atoms with Crippen molar-refractivity contribution < 1.29 is 13.7 Å². The molecule has 2 aliphatic rings. The Balaban J connectivity index is 1.35. The van der Waals surface area contributed by atoms with Crippen LogP contribution in [-0.4, -0.2) is 19.5 Å². The van der Waals surface area contributed by atoms with Crippen molar-refractivity contribution in [1.29, 1.82) is 0 Å². The number of hydrogen-bond acceptors (Lipinski definition) is 5. The fourth-order valence-corrected chi connectivity index (χ4v) is 6.12. The van der Waals surface area contributed by atoms with Crippen molar-refractivity contribution in [1.82, 2.24) is 19.5 Å².